The van der Waals surface area contributed by atoms with Crippen LogP contribution in [0.5, 0.6) is 5.75 Å². The molecule has 0 saturated heterocycles. The number of rotatable bonds is 15. The number of hydrogen-bond donors (Lipinski definition) is 3. The first-order valence-electron chi connectivity index (χ1n) is 14.2. The average molecular weight is 584 g/mol. The van der Waals surface area contributed by atoms with Crippen LogP contribution in [0.3, 0.4) is 0 Å². The summed E-state index contributed by atoms with van der Waals surface area (Å²) in [5, 5.41) is 6.14. The lowest BCUT2D eigenvalue weighted by Crippen LogP contribution is -2.35. The van der Waals surface area contributed by atoms with E-state index in [1.54, 1.807) is 37.5 Å². The van der Waals surface area contributed by atoms with Gasteiger partial charge in [-0.15, -0.1) is 0 Å². The van der Waals surface area contributed by atoms with Crippen molar-refractivity contribution in [3.63, 3.8) is 0 Å². The van der Waals surface area contributed by atoms with E-state index >= 15 is 0 Å². The number of nitrogen functional groups attached to an aromatic ring is 1. The molecular formula is C28H38N7O5P. The van der Waals surface area contributed by atoms with Crippen molar-refractivity contribution < 1.29 is 23.1 Å². The van der Waals surface area contributed by atoms with Crippen LogP contribution >= 0.6 is 7.75 Å². The molecule has 2 aromatic heterocycles. The van der Waals surface area contributed by atoms with Crippen molar-refractivity contribution in [1.82, 2.24) is 24.6 Å². The lowest BCUT2D eigenvalue weighted by atomic mass is 10.1. The topological polar surface area (TPSA) is 156 Å². The number of allylic oxidation sites excluding steroid dienone is 1. The third kappa shape index (κ3) is 7.63. The molecule has 0 bridgehead atoms. The molecule has 1 aromatic carbocycles. The molecule has 2 aliphatic rings. The standard InChI is InChI=1S/C28H38N7O5P/c1-3-4-8-15-38-27(36)19(2)34-41(37,40-23-9-6-5-7-10-23)39-17-20-11-14-22(16-20)35-18-30-24-25(31-21-12-13-21)32-28(29)33-26(24)35/h5-7,9-11,14,18-22H,3-4,8,12-13,15-17H2,1-2H3,(H,34,37)(H3,29,31,32,33)/t19-,20+,22-,41?/m0/s1. The maximum atomic E-state index is 13.8. The summed E-state index contributed by atoms with van der Waals surface area (Å²) in [6.07, 6.45) is 11.5. The highest BCUT2D eigenvalue weighted by Crippen LogP contribution is 2.46. The summed E-state index contributed by atoms with van der Waals surface area (Å²) in [6, 6.07) is 8.20. The number of ether oxygens (including phenoxy) is 1. The molecule has 0 radical (unpaired) electrons. The van der Waals surface area contributed by atoms with Gasteiger partial charge < -0.3 is 24.9 Å². The number of nitrogens with two attached hydrogens (primary N) is 1. The molecule has 5 rings (SSSR count). The molecule has 1 fully saturated rings. The molecule has 1 saturated carbocycles. The van der Waals surface area contributed by atoms with Crippen molar-refractivity contribution in [2.75, 3.05) is 24.3 Å². The van der Waals surface area contributed by atoms with Crippen molar-refractivity contribution in [1.29, 1.82) is 0 Å². The molecule has 220 valence electrons. The van der Waals surface area contributed by atoms with Gasteiger partial charge in [0.05, 0.1) is 25.6 Å². The van der Waals surface area contributed by atoms with Crippen LogP contribution in [0.25, 0.3) is 11.2 Å². The summed E-state index contributed by atoms with van der Waals surface area (Å²) in [5.41, 5.74) is 7.34. The van der Waals surface area contributed by atoms with Crippen LogP contribution in [0.2, 0.25) is 0 Å². The number of hydrogen-bond acceptors (Lipinski definition) is 10. The van der Waals surface area contributed by atoms with Gasteiger partial charge in [-0.2, -0.15) is 15.1 Å². The van der Waals surface area contributed by atoms with Crippen molar-refractivity contribution in [3.05, 3.63) is 48.8 Å². The molecule has 1 unspecified atom stereocenters. The number of unbranched alkanes of at least 4 members (excludes halogenated alkanes) is 2. The van der Waals surface area contributed by atoms with E-state index in [2.05, 4.69) is 32.3 Å². The smallest absolute Gasteiger partial charge is 0.459 e. The van der Waals surface area contributed by atoms with Gasteiger partial charge in [0.1, 0.15) is 11.8 Å². The summed E-state index contributed by atoms with van der Waals surface area (Å²) in [7, 11) is -3.94. The van der Waals surface area contributed by atoms with E-state index in [0.29, 0.717) is 41.8 Å². The van der Waals surface area contributed by atoms with Crippen molar-refractivity contribution in [3.8, 4) is 5.75 Å². The normalized spacial score (nSPS) is 20.5. The molecule has 4 N–H and O–H groups in total. The van der Waals surface area contributed by atoms with Crippen LogP contribution in [0.4, 0.5) is 11.8 Å². The molecule has 13 heteroatoms. The number of benzene rings is 1. The second kappa shape index (κ2) is 13.0. The second-order valence-corrected chi connectivity index (χ2v) is 12.2. The number of fused-ring (bicyclic) bond motifs is 1. The summed E-state index contributed by atoms with van der Waals surface area (Å²) in [5.74, 6) is 0.633. The van der Waals surface area contributed by atoms with E-state index in [-0.39, 0.29) is 24.5 Å². The Kier molecular flexibility index (Phi) is 9.22. The zero-order valence-electron chi connectivity index (χ0n) is 23.4. The second-order valence-electron chi connectivity index (χ2n) is 10.5. The lowest BCUT2D eigenvalue weighted by Gasteiger charge is -2.24. The van der Waals surface area contributed by atoms with Crippen LogP contribution in [0, 0.1) is 5.92 Å². The Morgan fingerprint density at radius 1 is 1.20 bits per heavy atom. The number of carbonyl (C=O) groups is 1. The average Bonchev–Trinajstić information content (AvgIpc) is 3.47. The predicted molar refractivity (Wildman–Crippen MR) is 156 cm³/mol. The third-order valence-electron chi connectivity index (χ3n) is 6.99. The SMILES string of the molecule is CCCCCOC(=O)[C@H](C)NP(=O)(OC[C@@H]1C=C[C@H](n2cnc3c(NC4CC4)nc(N)nc32)C1)Oc1ccccc1. The summed E-state index contributed by atoms with van der Waals surface area (Å²) in [4.78, 5) is 25.9. The van der Waals surface area contributed by atoms with Crippen LogP contribution in [0.1, 0.15) is 58.4 Å². The zero-order valence-corrected chi connectivity index (χ0v) is 24.3. The van der Waals surface area contributed by atoms with Gasteiger partial charge in [0.15, 0.2) is 17.0 Å². The number of aromatic nitrogens is 4. The maximum Gasteiger partial charge on any atom is 0.459 e. The number of carbonyl (C=O) groups excluding carboxylic acids is 1. The van der Waals surface area contributed by atoms with Crippen molar-refractivity contribution >= 4 is 36.6 Å². The quantitative estimate of drug-likeness (QED) is 0.0956. The van der Waals surface area contributed by atoms with E-state index in [1.807, 2.05) is 22.8 Å². The first kappa shape index (κ1) is 29.0. The van der Waals surface area contributed by atoms with Crippen molar-refractivity contribution in [2.24, 2.45) is 5.92 Å². The number of esters is 1. The van der Waals surface area contributed by atoms with E-state index in [9.17, 15) is 9.36 Å². The van der Waals surface area contributed by atoms with Gasteiger partial charge in [-0.1, -0.05) is 50.1 Å². The molecule has 0 spiro atoms. The monoisotopic (exact) mass is 583 g/mol. The van der Waals surface area contributed by atoms with E-state index in [1.165, 1.54) is 0 Å². The van der Waals surface area contributed by atoms with Crippen LogP contribution in [0.15, 0.2) is 48.8 Å². The van der Waals surface area contributed by atoms with Crippen LogP contribution < -0.4 is 20.7 Å². The molecule has 3 aromatic rings. The van der Waals surface area contributed by atoms with Gasteiger partial charge in [0.2, 0.25) is 5.95 Å². The fraction of sp³-hybridized carbons (Fsp3) is 0.500. The fourth-order valence-corrected chi connectivity index (χ4v) is 6.17. The first-order chi connectivity index (χ1) is 19.8. The maximum absolute atomic E-state index is 13.8. The molecular weight excluding hydrogens is 545 g/mol. The first-order valence-corrected chi connectivity index (χ1v) is 15.8. The summed E-state index contributed by atoms with van der Waals surface area (Å²) >= 11 is 0. The largest absolute Gasteiger partial charge is 0.465 e. The Bertz CT molecular complexity index is 1410. The Morgan fingerprint density at radius 3 is 2.76 bits per heavy atom. The van der Waals surface area contributed by atoms with E-state index in [4.69, 9.17) is 19.5 Å². The minimum absolute atomic E-state index is 0.0453. The van der Waals surface area contributed by atoms with Crippen molar-refractivity contribution in [2.45, 2.75) is 70.5 Å². The summed E-state index contributed by atoms with van der Waals surface area (Å²) in [6.45, 7) is 4.09. The molecule has 41 heavy (non-hydrogen) atoms. The van der Waals surface area contributed by atoms with E-state index < -0.39 is 19.8 Å². The Labute approximate surface area is 239 Å². The number of nitrogens with one attached hydrogen (secondary N) is 2. The molecule has 2 aliphatic carbocycles. The fourth-order valence-electron chi connectivity index (χ4n) is 4.62. The zero-order chi connectivity index (χ0) is 28.8. The van der Waals surface area contributed by atoms with E-state index in [0.717, 1.165) is 32.1 Å². The highest BCUT2D eigenvalue weighted by Gasteiger charge is 2.34. The number of nitrogens with zero attached hydrogens (tertiary/aromatic N) is 4. The number of imidazole rings is 1. The van der Waals surface area contributed by atoms with Gasteiger partial charge in [-0.05, 0) is 44.7 Å². The van der Waals surface area contributed by atoms with Crippen LogP contribution in [-0.2, 0) is 18.6 Å². The predicted octanol–water partition coefficient (Wildman–Crippen LogP) is 5.02. The van der Waals surface area contributed by atoms with Gasteiger partial charge in [-0.3, -0.25) is 9.32 Å². The Morgan fingerprint density at radius 2 is 2.00 bits per heavy atom. The van der Waals surface area contributed by atoms with Gasteiger partial charge in [0.25, 0.3) is 0 Å². The van der Waals surface area contributed by atoms with Gasteiger partial charge >= 0.3 is 13.7 Å². The molecule has 2 heterocycles. The van der Waals surface area contributed by atoms with Gasteiger partial charge in [0, 0.05) is 12.0 Å². The minimum atomic E-state index is -3.94. The molecule has 0 amide bonds. The highest BCUT2D eigenvalue weighted by atomic mass is 31.2. The minimum Gasteiger partial charge on any atom is -0.465 e. The van der Waals surface area contributed by atoms with Crippen LogP contribution in [-0.4, -0.2) is 50.8 Å². The molecule has 4 atom stereocenters. The third-order valence-corrected chi connectivity index (χ3v) is 8.63. The molecule has 12 nitrogen and oxygen atoms in total. The number of anilines is 2. The molecule has 0 aliphatic heterocycles. The summed E-state index contributed by atoms with van der Waals surface area (Å²) < 4.78 is 32.8. The Balaban J connectivity index is 1.23. The lowest BCUT2D eigenvalue weighted by molar-refractivity contribution is -0.145. The Hall–Kier alpha value is -3.47. The highest BCUT2D eigenvalue weighted by molar-refractivity contribution is 7.52. The number of para-hydroxylation sites is 1. The van der Waals surface area contributed by atoms with Gasteiger partial charge in [-0.25, -0.2) is 9.55 Å².